The molecule has 0 atom stereocenters. The summed E-state index contributed by atoms with van der Waals surface area (Å²) < 4.78 is 0. The van der Waals surface area contributed by atoms with Crippen molar-refractivity contribution < 1.29 is 4.79 Å². The van der Waals surface area contributed by atoms with Gasteiger partial charge in [0.1, 0.15) is 0 Å². The van der Waals surface area contributed by atoms with Crippen molar-refractivity contribution in [3.8, 4) is 6.07 Å². The van der Waals surface area contributed by atoms with Crippen LogP contribution in [0.15, 0.2) is 76.5 Å². The molecular formula is C22H18N2OS. The van der Waals surface area contributed by atoms with Crippen LogP contribution in [0.25, 0.3) is 0 Å². The average molecular weight is 358 g/mol. The summed E-state index contributed by atoms with van der Waals surface area (Å²) in [5, 5.41) is 11.8. The highest BCUT2D eigenvalue weighted by molar-refractivity contribution is 7.99. The lowest BCUT2D eigenvalue weighted by molar-refractivity contribution is 0.102. The first kappa shape index (κ1) is 17.8. The van der Waals surface area contributed by atoms with Gasteiger partial charge in [0.25, 0.3) is 5.91 Å². The molecule has 0 radical (unpaired) electrons. The third-order valence-electron chi connectivity index (χ3n) is 4.08. The van der Waals surface area contributed by atoms with Crippen LogP contribution in [0, 0.1) is 25.2 Å². The summed E-state index contributed by atoms with van der Waals surface area (Å²) in [6, 6.07) is 22.9. The Bertz CT molecular complexity index is 988. The van der Waals surface area contributed by atoms with E-state index >= 15 is 0 Å². The predicted octanol–water partition coefficient (Wildman–Crippen LogP) is 5.58. The Balaban J connectivity index is 1.68. The van der Waals surface area contributed by atoms with Crippen molar-refractivity contribution >= 4 is 23.4 Å². The number of carbonyl (C=O) groups is 1. The molecule has 0 bridgehead atoms. The number of nitrogens with one attached hydrogen (secondary N) is 1. The lowest BCUT2D eigenvalue weighted by Crippen LogP contribution is -2.11. The molecule has 0 aliphatic rings. The van der Waals surface area contributed by atoms with Crippen molar-refractivity contribution in [3.63, 3.8) is 0 Å². The number of aryl methyl sites for hydroxylation is 2. The Morgan fingerprint density at radius 3 is 2.35 bits per heavy atom. The van der Waals surface area contributed by atoms with E-state index in [1.165, 1.54) is 16.0 Å². The molecule has 0 aliphatic carbocycles. The van der Waals surface area contributed by atoms with Gasteiger partial charge >= 0.3 is 0 Å². The second-order valence-corrected chi connectivity index (χ2v) is 7.17. The maximum Gasteiger partial charge on any atom is 0.255 e. The molecule has 4 heteroatoms. The number of hydrogen-bond acceptors (Lipinski definition) is 3. The molecule has 26 heavy (non-hydrogen) atoms. The third kappa shape index (κ3) is 4.33. The molecule has 3 rings (SSSR count). The lowest BCUT2D eigenvalue weighted by atomic mass is 10.1. The Kier molecular flexibility index (Phi) is 5.40. The number of amides is 1. The zero-order valence-electron chi connectivity index (χ0n) is 14.6. The van der Waals surface area contributed by atoms with E-state index in [0.29, 0.717) is 11.1 Å². The Morgan fingerprint density at radius 2 is 1.65 bits per heavy atom. The Morgan fingerprint density at radius 1 is 0.923 bits per heavy atom. The fraction of sp³-hybridized carbons (Fsp3) is 0.0909. The molecule has 0 saturated carbocycles. The maximum absolute atomic E-state index is 12.3. The molecule has 0 aliphatic heterocycles. The van der Waals surface area contributed by atoms with Gasteiger partial charge in [-0.2, -0.15) is 5.26 Å². The van der Waals surface area contributed by atoms with Crippen LogP contribution >= 0.6 is 11.8 Å². The second-order valence-electron chi connectivity index (χ2n) is 6.02. The van der Waals surface area contributed by atoms with E-state index in [2.05, 4.69) is 37.4 Å². The fourth-order valence-corrected chi connectivity index (χ4v) is 3.37. The van der Waals surface area contributed by atoms with Crippen LogP contribution < -0.4 is 5.32 Å². The molecule has 0 spiro atoms. The zero-order chi connectivity index (χ0) is 18.5. The van der Waals surface area contributed by atoms with Gasteiger partial charge in [-0.1, -0.05) is 23.9 Å². The van der Waals surface area contributed by atoms with Gasteiger partial charge in [-0.05, 0) is 79.6 Å². The second kappa shape index (κ2) is 7.90. The minimum Gasteiger partial charge on any atom is -0.322 e. The molecule has 128 valence electrons. The smallest absolute Gasteiger partial charge is 0.255 e. The molecule has 1 N–H and O–H groups in total. The monoisotopic (exact) mass is 358 g/mol. The molecule has 0 fully saturated rings. The molecule has 3 aromatic carbocycles. The number of anilines is 1. The first-order valence-electron chi connectivity index (χ1n) is 8.22. The number of rotatable bonds is 4. The van der Waals surface area contributed by atoms with Gasteiger partial charge in [0.15, 0.2) is 0 Å². The standard InChI is InChI=1S/C22H18N2OS/c1-15-6-9-21(12-16(15)2)26-20-10-7-19(8-11-20)24-22(25)18-5-3-4-17(13-18)14-23/h3-13H,1-2H3,(H,24,25). The molecular weight excluding hydrogens is 340 g/mol. The van der Waals surface area contributed by atoms with Crippen molar-refractivity contribution in [3.05, 3.63) is 89.0 Å². The van der Waals surface area contributed by atoms with Gasteiger partial charge in [0, 0.05) is 21.0 Å². The van der Waals surface area contributed by atoms with Gasteiger partial charge < -0.3 is 5.32 Å². The zero-order valence-corrected chi connectivity index (χ0v) is 15.4. The molecule has 3 nitrogen and oxygen atoms in total. The van der Waals surface area contributed by atoms with Gasteiger partial charge in [0.2, 0.25) is 0 Å². The highest BCUT2D eigenvalue weighted by Gasteiger charge is 2.07. The van der Waals surface area contributed by atoms with Crippen molar-refractivity contribution in [1.29, 1.82) is 5.26 Å². The van der Waals surface area contributed by atoms with Gasteiger partial charge in [0.05, 0.1) is 11.6 Å². The number of nitrogens with zero attached hydrogens (tertiary/aromatic N) is 1. The molecule has 0 aromatic heterocycles. The summed E-state index contributed by atoms with van der Waals surface area (Å²) in [4.78, 5) is 14.6. The number of hydrogen-bond donors (Lipinski definition) is 1. The molecule has 0 heterocycles. The van der Waals surface area contributed by atoms with E-state index in [9.17, 15) is 4.79 Å². The van der Waals surface area contributed by atoms with Crippen molar-refractivity contribution in [2.24, 2.45) is 0 Å². The molecule has 3 aromatic rings. The van der Waals surface area contributed by atoms with Crippen LogP contribution in [0.2, 0.25) is 0 Å². The largest absolute Gasteiger partial charge is 0.322 e. The SMILES string of the molecule is Cc1ccc(Sc2ccc(NC(=O)c3cccc(C#N)c3)cc2)cc1C. The normalized spacial score (nSPS) is 10.2. The number of nitriles is 1. The minimum absolute atomic E-state index is 0.225. The summed E-state index contributed by atoms with van der Waals surface area (Å²) >= 11 is 1.69. The highest BCUT2D eigenvalue weighted by Crippen LogP contribution is 2.29. The minimum atomic E-state index is -0.225. The third-order valence-corrected chi connectivity index (χ3v) is 5.08. The summed E-state index contributed by atoms with van der Waals surface area (Å²) in [7, 11) is 0. The van der Waals surface area contributed by atoms with E-state index in [1.807, 2.05) is 30.3 Å². The van der Waals surface area contributed by atoms with Crippen LogP contribution in [0.5, 0.6) is 0 Å². The number of benzene rings is 3. The Labute approximate surface area is 157 Å². The molecule has 0 saturated heterocycles. The summed E-state index contributed by atoms with van der Waals surface area (Å²) in [5.41, 5.74) is 4.23. The topological polar surface area (TPSA) is 52.9 Å². The molecule has 0 unspecified atom stereocenters. The van der Waals surface area contributed by atoms with Crippen LogP contribution in [-0.4, -0.2) is 5.91 Å². The maximum atomic E-state index is 12.3. The van der Waals surface area contributed by atoms with Gasteiger partial charge in [-0.15, -0.1) is 0 Å². The van der Waals surface area contributed by atoms with Crippen molar-refractivity contribution in [2.45, 2.75) is 23.6 Å². The van der Waals surface area contributed by atoms with Crippen LogP contribution in [0.4, 0.5) is 5.69 Å². The quantitative estimate of drug-likeness (QED) is 0.662. The fourth-order valence-electron chi connectivity index (χ4n) is 2.45. The summed E-state index contributed by atoms with van der Waals surface area (Å²) in [6.07, 6.45) is 0. The van der Waals surface area contributed by atoms with E-state index in [-0.39, 0.29) is 5.91 Å². The van der Waals surface area contributed by atoms with E-state index in [0.717, 1.165) is 10.6 Å². The van der Waals surface area contributed by atoms with E-state index < -0.39 is 0 Å². The van der Waals surface area contributed by atoms with Crippen LogP contribution in [0.3, 0.4) is 0 Å². The van der Waals surface area contributed by atoms with E-state index in [4.69, 9.17) is 5.26 Å². The average Bonchev–Trinajstić information content (AvgIpc) is 2.66. The van der Waals surface area contributed by atoms with Crippen molar-refractivity contribution in [1.82, 2.24) is 0 Å². The first-order valence-corrected chi connectivity index (χ1v) is 9.03. The van der Waals surface area contributed by atoms with Gasteiger partial charge in [-0.3, -0.25) is 4.79 Å². The lowest BCUT2D eigenvalue weighted by Gasteiger charge is -2.08. The number of carbonyl (C=O) groups excluding carboxylic acids is 1. The summed E-state index contributed by atoms with van der Waals surface area (Å²) in [5.74, 6) is -0.225. The highest BCUT2D eigenvalue weighted by atomic mass is 32.2. The predicted molar refractivity (Wildman–Crippen MR) is 106 cm³/mol. The Hall–Kier alpha value is -3.03. The van der Waals surface area contributed by atoms with Crippen molar-refractivity contribution in [2.75, 3.05) is 5.32 Å². The molecule has 1 amide bonds. The van der Waals surface area contributed by atoms with Crippen LogP contribution in [0.1, 0.15) is 27.0 Å². The van der Waals surface area contributed by atoms with E-state index in [1.54, 1.807) is 36.0 Å². The van der Waals surface area contributed by atoms with Crippen LogP contribution in [-0.2, 0) is 0 Å². The summed E-state index contributed by atoms with van der Waals surface area (Å²) in [6.45, 7) is 4.22. The van der Waals surface area contributed by atoms with Gasteiger partial charge in [-0.25, -0.2) is 0 Å². The first-order chi connectivity index (χ1) is 12.5.